The molecule has 2 aromatic carbocycles. The van der Waals surface area contributed by atoms with E-state index in [9.17, 15) is 15.2 Å². The van der Waals surface area contributed by atoms with E-state index in [4.69, 9.17) is 4.74 Å². The van der Waals surface area contributed by atoms with Gasteiger partial charge < -0.3 is 9.84 Å². The van der Waals surface area contributed by atoms with Gasteiger partial charge in [0.15, 0.2) is 11.5 Å². The van der Waals surface area contributed by atoms with Crippen molar-refractivity contribution in [2.45, 2.75) is 31.0 Å². The molecule has 2 heterocycles. The Morgan fingerprint density at radius 1 is 1.25 bits per heavy atom. The Morgan fingerprint density at radius 2 is 2.06 bits per heavy atom. The molecule has 7 nitrogen and oxygen atoms in total. The average molecular weight is 498 g/mol. The summed E-state index contributed by atoms with van der Waals surface area (Å²) in [5.74, 6) is 0.0373. The Bertz CT molecular complexity index is 1100. The molecule has 0 aliphatic carbocycles. The molecule has 32 heavy (non-hydrogen) atoms. The van der Waals surface area contributed by atoms with Crippen LogP contribution in [0.1, 0.15) is 35.1 Å². The molecule has 8 heteroatoms. The highest BCUT2D eigenvalue weighted by Gasteiger charge is 2.48. The summed E-state index contributed by atoms with van der Waals surface area (Å²) in [5, 5.41) is 22.6. The molecule has 0 unspecified atom stereocenters. The van der Waals surface area contributed by atoms with Gasteiger partial charge in [0.05, 0.1) is 13.0 Å². The number of piperidine rings is 1. The summed E-state index contributed by atoms with van der Waals surface area (Å²) >= 11 is 3.59. The molecule has 1 fully saturated rings. The van der Waals surface area contributed by atoms with Crippen LogP contribution in [0, 0.1) is 10.1 Å². The molecule has 0 saturated carbocycles. The van der Waals surface area contributed by atoms with Gasteiger partial charge in [0.2, 0.25) is 6.04 Å². The number of likely N-dealkylation sites (tertiary alicyclic amines) is 1. The highest BCUT2D eigenvalue weighted by Crippen LogP contribution is 2.45. The molecule has 3 aromatic rings. The number of hydrogen-bond acceptors (Lipinski definition) is 6. The van der Waals surface area contributed by atoms with Crippen molar-refractivity contribution in [1.29, 1.82) is 0 Å². The molecule has 0 amide bonds. The predicted molar refractivity (Wildman–Crippen MR) is 124 cm³/mol. The largest absolute Gasteiger partial charge is 0.504 e. The number of aromatic hydroxyl groups is 1. The molecular formula is C24H24BrN3O4. The summed E-state index contributed by atoms with van der Waals surface area (Å²) in [6, 6.07) is 15.1. The normalized spacial score (nSPS) is 21.2. The topological polar surface area (TPSA) is 88.7 Å². The van der Waals surface area contributed by atoms with Crippen LogP contribution in [0.5, 0.6) is 11.5 Å². The number of pyridine rings is 1. The first-order chi connectivity index (χ1) is 15.5. The van der Waals surface area contributed by atoms with Crippen LogP contribution < -0.4 is 4.74 Å². The fraction of sp³-hybridized carbons (Fsp3) is 0.292. The van der Waals surface area contributed by atoms with Gasteiger partial charge in [-0.25, -0.2) is 0 Å². The van der Waals surface area contributed by atoms with Crippen molar-refractivity contribution in [3.63, 3.8) is 0 Å². The lowest BCUT2D eigenvalue weighted by Gasteiger charge is -2.41. The van der Waals surface area contributed by atoms with Gasteiger partial charge >= 0.3 is 0 Å². The van der Waals surface area contributed by atoms with Crippen molar-refractivity contribution in [2.75, 3.05) is 13.7 Å². The minimum absolute atomic E-state index is 0.00544. The fourth-order valence-corrected chi connectivity index (χ4v) is 5.20. The van der Waals surface area contributed by atoms with Gasteiger partial charge in [0.25, 0.3) is 0 Å². The summed E-state index contributed by atoms with van der Waals surface area (Å²) in [4.78, 5) is 18.7. The maximum atomic E-state index is 12.5. The molecule has 1 N–H and O–H groups in total. The van der Waals surface area contributed by atoms with E-state index < -0.39 is 12.1 Å². The molecule has 1 aromatic heterocycles. The Balaban J connectivity index is 1.81. The number of aromatic nitrogens is 1. The summed E-state index contributed by atoms with van der Waals surface area (Å²) in [6.07, 6.45) is 4.15. The molecule has 1 saturated heterocycles. The first kappa shape index (κ1) is 22.2. The van der Waals surface area contributed by atoms with Crippen molar-refractivity contribution in [3.05, 3.63) is 98.3 Å². The zero-order chi connectivity index (χ0) is 22.7. The number of nitro groups is 1. The lowest BCUT2D eigenvalue weighted by molar-refractivity contribution is -0.540. The summed E-state index contributed by atoms with van der Waals surface area (Å²) in [7, 11) is 1.47. The average Bonchev–Trinajstić information content (AvgIpc) is 2.80. The smallest absolute Gasteiger partial charge is 0.239 e. The van der Waals surface area contributed by atoms with Gasteiger partial charge in [-0.05, 0) is 47.4 Å². The van der Waals surface area contributed by atoms with Gasteiger partial charge in [-0.15, -0.1) is 0 Å². The minimum atomic E-state index is -0.881. The van der Waals surface area contributed by atoms with Crippen molar-refractivity contribution in [2.24, 2.45) is 0 Å². The molecule has 0 bridgehead atoms. The van der Waals surface area contributed by atoms with Crippen LogP contribution in [0.3, 0.4) is 0 Å². The molecule has 166 valence electrons. The number of halogens is 1. The third-order valence-electron chi connectivity index (χ3n) is 6.06. The highest BCUT2D eigenvalue weighted by molar-refractivity contribution is 9.10. The predicted octanol–water partition coefficient (Wildman–Crippen LogP) is 4.93. The van der Waals surface area contributed by atoms with E-state index >= 15 is 0 Å². The van der Waals surface area contributed by atoms with Crippen molar-refractivity contribution >= 4 is 15.9 Å². The monoisotopic (exact) mass is 497 g/mol. The Labute approximate surface area is 195 Å². The van der Waals surface area contributed by atoms with Crippen LogP contribution in [-0.2, 0) is 6.54 Å². The summed E-state index contributed by atoms with van der Waals surface area (Å²) < 4.78 is 6.18. The number of phenolic OH excluding ortho intramolecular Hbond substituents is 1. The Hall–Kier alpha value is -2.97. The van der Waals surface area contributed by atoms with E-state index in [1.807, 2.05) is 36.4 Å². The van der Waals surface area contributed by atoms with Crippen molar-refractivity contribution < 1.29 is 14.8 Å². The molecule has 4 rings (SSSR count). The number of benzene rings is 2. The van der Waals surface area contributed by atoms with Gasteiger partial charge in [0.1, 0.15) is 6.04 Å². The SMILES string of the molecule is COc1cc([C@@H]2[C@@H]([N+](=O)[O-])[C@H](c3ccccc3Br)CCN2Cc2cccnc2)ccc1O. The molecule has 1 aliphatic rings. The first-order valence-corrected chi connectivity index (χ1v) is 11.2. The molecule has 0 spiro atoms. The lowest BCUT2D eigenvalue weighted by Crippen LogP contribution is -2.48. The third kappa shape index (κ3) is 4.47. The zero-order valence-corrected chi connectivity index (χ0v) is 19.2. The first-order valence-electron chi connectivity index (χ1n) is 10.4. The minimum Gasteiger partial charge on any atom is -0.504 e. The summed E-state index contributed by atoms with van der Waals surface area (Å²) in [6.45, 7) is 1.22. The standard InChI is InChI=1S/C24H24BrN3O4/c1-32-22-13-17(8-9-21(22)29)23-24(28(30)31)19(18-6-2-3-7-20(18)25)10-12-27(23)15-16-5-4-11-26-14-16/h2-9,11,13-14,19,23-24,29H,10,12,15H2,1H3/t19-,23+,24-/m0/s1. The maximum absolute atomic E-state index is 12.5. The van der Waals surface area contributed by atoms with Gasteiger partial charge in [-0.1, -0.05) is 46.3 Å². The van der Waals surface area contributed by atoms with Crippen LogP contribution in [-0.4, -0.2) is 39.6 Å². The second kappa shape index (κ2) is 9.67. The summed E-state index contributed by atoms with van der Waals surface area (Å²) in [5.41, 5.74) is 2.66. The molecule has 0 radical (unpaired) electrons. The van der Waals surface area contributed by atoms with Crippen molar-refractivity contribution in [1.82, 2.24) is 9.88 Å². The third-order valence-corrected chi connectivity index (χ3v) is 6.78. The lowest BCUT2D eigenvalue weighted by atomic mass is 9.78. The number of ether oxygens (including phenoxy) is 1. The number of nitrogens with zero attached hydrogens (tertiary/aromatic N) is 3. The van der Waals surface area contributed by atoms with E-state index in [-0.39, 0.29) is 16.6 Å². The number of phenols is 1. The second-order valence-corrected chi connectivity index (χ2v) is 8.75. The van der Waals surface area contributed by atoms with Gasteiger partial charge in [-0.3, -0.25) is 20.0 Å². The second-order valence-electron chi connectivity index (χ2n) is 7.90. The Morgan fingerprint density at radius 3 is 2.75 bits per heavy atom. The van der Waals surface area contributed by atoms with E-state index in [1.165, 1.54) is 13.2 Å². The van der Waals surface area contributed by atoms with Crippen LogP contribution in [0.4, 0.5) is 0 Å². The van der Waals surface area contributed by atoms with E-state index in [0.29, 0.717) is 25.3 Å². The van der Waals surface area contributed by atoms with E-state index in [0.717, 1.165) is 21.2 Å². The number of rotatable bonds is 6. The van der Waals surface area contributed by atoms with Crippen LogP contribution in [0.25, 0.3) is 0 Å². The maximum Gasteiger partial charge on any atom is 0.239 e. The fourth-order valence-electron chi connectivity index (χ4n) is 4.62. The highest BCUT2D eigenvalue weighted by atomic mass is 79.9. The molecule has 3 atom stereocenters. The quantitative estimate of drug-likeness (QED) is 0.383. The Kier molecular flexibility index (Phi) is 6.72. The van der Waals surface area contributed by atoms with E-state index in [1.54, 1.807) is 24.5 Å². The van der Waals surface area contributed by atoms with Gasteiger partial charge in [-0.2, -0.15) is 0 Å². The zero-order valence-electron chi connectivity index (χ0n) is 17.6. The molecule has 1 aliphatic heterocycles. The number of hydrogen-bond donors (Lipinski definition) is 1. The molecular weight excluding hydrogens is 474 g/mol. The van der Waals surface area contributed by atoms with Crippen molar-refractivity contribution in [3.8, 4) is 11.5 Å². The van der Waals surface area contributed by atoms with Crippen LogP contribution >= 0.6 is 15.9 Å². The number of methoxy groups -OCH3 is 1. The van der Waals surface area contributed by atoms with Gasteiger partial charge in [0, 0.05) is 34.9 Å². The van der Waals surface area contributed by atoms with Crippen LogP contribution in [0.2, 0.25) is 0 Å². The van der Waals surface area contributed by atoms with Crippen LogP contribution in [0.15, 0.2) is 71.5 Å². The van der Waals surface area contributed by atoms with E-state index in [2.05, 4.69) is 25.8 Å².